The van der Waals surface area contributed by atoms with Crippen molar-refractivity contribution in [3.63, 3.8) is 0 Å². The molecule has 1 aliphatic heterocycles. The van der Waals surface area contributed by atoms with Gasteiger partial charge in [-0.25, -0.2) is 13.2 Å². The van der Waals surface area contributed by atoms with Gasteiger partial charge in [0.15, 0.2) is 9.84 Å². The molecule has 7 nitrogen and oxygen atoms in total. The molecule has 104 valence electrons. The van der Waals surface area contributed by atoms with Crippen molar-refractivity contribution >= 4 is 33.6 Å². The summed E-state index contributed by atoms with van der Waals surface area (Å²) in [5.74, 6) is -0.208. The minimum absolute atomic E-state index is 0.292. The van der Waals surface area contributed by atoms with Gasteiger partial charge in [0.2, 0.25) is 0 Å². The molecule has 2 atom stereocenters. The van der Waals surface area contributed by atoms with Gasteiger partial charge >= 0.3 is 12.0 Å². The summed E-state index contributed by atoms with van der Waals surface area (Å²) in [6, 6.07) is -1.70. The fourth-order valence-electron chi connectivity index (χ4n) is 1.50. The van der Waals surface area contributed by atoms with Crippen LogP contribution >= 0.6 is 11.8 Å². The number of thioether (sulfide) groups is 1. The quantitative estimate of drug-likeness (QED) is 0.733. The highest BCUT2D eigenvalue weighted by molar-refractivity contribution is 8.00. The Labute approximate surface area is 110 Å². The van der Waals surface area contributed by atoms with E-state index in [9.17, 15) is 18.0 Å². The first kappa shape index (κ1) is 15.1. The maximum absolute atomic E-state index is 11.8. The average Bonchev–Trinajstić information content (AvgIpc) is 2.27. The van der Waals surface area contributed by atoms with Crippen LogP contribution in [0.3, 0.4) is 0 Å². The molecule has 0 aromatic heterocycles. The second-order valence-corrected chi connectivity index (χ2v) is 7.41. The fourth-order valence-corrected chi connectivity index (χ4v) is 4.31. The van der Waals surface area contributed by atoms with Gasteiger partial charge in [0.25, 0.3) is 0 Å². The molecule has 2 N–H and O–H groups in total. The van der Waals surface area contributed by atoms with Gasteiger partial charge in [-0.3, -0.25) is 4.79 Å². The summed E-state index contributed by atoms with van der Waals surface area (Å²) in [5.41, 5.74) is 0. The molecule has 0 bridgehead atoms. The van der Waals surface area contributed by atoms with Crippen molar-refractivity contribution < 1.29 is 23.1 Å². The van der Waals surface area contributed by atoms with Crippen LogP contribution in [0.1, 0.15) is 6.92 Å². The summed E-state index contributed by atoms with van der Waals surface area (Å²) in [4.78, 5) is 23.7. The Hall–Kier alpha value is -0.960. The Balaban J connectivity index is 2.78. The highest BCUT2D eigenvalue weighted by Gasteiger charge is 2.35. The van der Waals surface area contributed by atoms with Gasteiger partial charge < -0.3 is 15.3 Å². The van der Waals surface area contributed by atoms with Gasteiger partial charge in [-0.1, -0.05) is 0 Å². The van der Waals surface area contributed by atoms with Crippen molar-refractivity contribution in [1.82, 2.24) is 10.2 Å². The van der Waals surface area contributed by atoms with E-state index >= 15 is 0 Å². The molecular formula is C9H16N2O5S2. The van der Waals surface area contributed by atoms with E-state index in [1.165, 1.54) is 23.6 Å². The molecule has 0 aliphatic carbocycles. The van der Waals surface area contributed by atoms with Crippen molar-refractivity contribution in [2.45, 2.75) is 18.3 Å². The van der Waals surface area contributed by atoms with Crippen LogP contribution in [-0.2, 0) is 14.6 Å². The Morgan fingerprint density at radius 1 is 1.50 bits per heavy atom. The van der Waals surface area contributed by atoms with E-state index in [1.54, 1.807) is 0 Å². The summed E-state index contributed by atoms with van der Waals surface area (Å²) < 4.78 is 23.1. The lowest BCUT2D eigenvalue weighted by atomic mass is 10.3. The van der Waals surface area contributed by atoms with E-state index < -0.39 is 33.3 Å². The Morgan fingerprint density at radius 3 is 2.61 bits per heavy atom. The van der Waals surface area contributed by atoms with E-state index in [1.807, 2.05) is 0 Å². The fraction of sp³-hybridized carbons (Fsp3) is 0.778. The summed E-state index contributed by atoms with van der Waals surface area (Å²) in [6.45, 7) is 1.62. The van der Waals surface area contributed by atoms with Crippen molar-refractivity contribution in [3.05, 3.63) is 0 Å². The van der Waals surface area contributed by atoms with E-state index in [-0.39, 0.29) is 0 Å². The summed E-state index contributed by atoms with van der Waals surface area (Å²) in [7, 11) is -3.38. The SMILES string of the molecule is CC(NC(=O)N1CCSCC1S(C)(=O)=O)C(=O)O. The first-order valence-electron chi connectivity index (χ1n) is 5.30. The first-order chi connectivity index (χ1) is 8.23. The number of nitrogens with zero attached hydrogens (tertiary/aromatic N) is 1. The molecule has 1 saturated heterocycles. The van der Waals surface area contributed by atoms with E-state index in [2.05, 4.69) is 5.32 Å². The number of carbonyl (C=O) groups excluding carboxylic acids is 1. The molecule has 0 spiro atoms. The van der Waals surface area contributed by atoms with Crippen molar-refractivity contribution in [2.75, 3.05) is 24.3 Å². The van der Waals surface area contributed by atoms with Gasteiger partial charge in [-0.2, -0.15) is 11.8 Å². The largest absolute Gasteiger partial charge is 0.480 e. The minimum atomic E-state index is -3.38. The highest BCUT2D eigenvalue weighted by atomic mass is 32.2. The molecular weight excluding hydrogens is 280 g/mol. The molecule has 0 radical (unpaired) electrons. The van der Waals surface area contributed by atoms with E-state index in [0.29, 0.717) is 18.1 Å². The van der Waals surface area contributed by atoms with Crippen LogP contribution in [0.5, 0.6) is 0 Å². The Bertz CT molecular complexity index is 436. The lowest BCUT2D eigenvalue weighted by Crippen LogP contribution is -2.55. The predicted octanol–water partition coefficient (Wildman–Crippen LogP) is -0.411. The number of carboxylic acid groups (broad SMARTS) is 1. The smallest absolute Gasteiger partial charge is 0.325 e. The summed E-state index contributed by atoms with van der Waals surface area (Å²) in [5, 5.41) is 10.1. The standard InChI is InChI=1S/C9H16N2O5S2/c1-6(8(12)13)10-9(14)11-3-4-17-5-7(11)18(2,15)16/h6-7H,3-5H2,1-2H3,(H,10,14)(H,12,13). The van der Waals surface area contributed by atoms with Crippen LogP contribution in [-0.4, -0.2) is 66.1 Å². The first-order valence-corrected chi connectivity index (χ1v) is 8.41. The lowest BCUT2D eigenvalue weighted by Gasteiger charge is -2.34. The van der Waals surface area contributed by atoms with Crippen molar-refractivity contribution in [3.8, 4) is 0 Å². The van der Waals surface area contributed by atoms with Gasteiger partial charge in [-0.15, -0.1) is 0 Å². The zero-order valence-electron chi connectivity index (χ0n) is 10.1. The van der Waals surface area contributed by atoms with Crippen LogP contribution < -0.4 is 5.32 Å². The second-order valence-electron chi connectivity index (χ2n) is 4.06. The van der Waals surface area contributed by atoms with Gasteiger partial charge in [-0.05, 0) is 6.92 Å². The number of aliphatic carboxylic acids is 1. The van der Waals surface area contributed by atoms with Crippen LogP contribution in [0.15, 0.2) is 0 Å². The monoisotopic (exact) mass is 296 g/mol. The van der Waals surface area contributed by atoms with Crippen LogP contribution in [0.2, 0.25) is 0 Å². The summed E-state index contributed by atoms with van der Waals surface area (Å²) in [6.07, 6.45) is 1.07. The third-order valence-electron chi connectivity index (χ3n) is 2.55. The maximum Gasteiger partial charge on any atom is 0.325 e. The zero-order valence-corrected chi connectivity index (χ0v) is 11.8. The van der Waals surface area contributed by atoms with Crippen molar-refractivity contribution in [1.29, 1.82) is 0 Å². The van der Waals surface area contributed by atoms with Crippen LogP contribution in [0.4, 0.5) is 4.79 Å². The molecule has 18 heavy (non-hydrogen) atoms. The van der Waals surface area contributed by atoms with Gasteiger partial charge in [0.05, 0.1) is 0 Å². The predicted molar refractivity (Wildman–Crippen MR) is 68.3 cm³/mol. The molecule has 2 amide bonds. The number of rotatable bonds is 3. The number of hydrogen-bond donors (Lipinski definition) is 2. The second kappa shape index (κ2) is 5.79. The molecule has 2 unspecified atom stereocenters. The molecule has 1 fully saturated rings. The number of carboxylic acids is 1. The molecule has 9 heteroatoms. The van der Waals surface area contributed by atoms with Gasteiger partial charge in [0, 0.05) is 24.3 Å². The zero-order chi connectivity index (χ0) is 13.9. The van der Waals surface area contributed by atoms with E-state index in [4.69, 9.17) is 5.11 Å². The third-order valence-corrected chi connectivity index (χ3v) is 5.19. The number of sulfone groups is 1. The molecule has 0 saturated carbocycles. The number of carbonyl (C=O) groups is 2. The van der Waals surface area contributed by atoms with Crippen LogP contribution in [0, 0.1) is 0 Å². The third kappa shape index (κ3) is 3.77. The Kier molecular flexibility index (Phi) is 4.85. The lowest BCUT2D eigenvalue weighted by molar-refractivity contribution is -0.138. The maximum atomic E-state index is 11.8. The summed E-state index contributed by atoms with van der Waals surface area (Å²) >= 11 is 1.46. The minimum Gasteiger partial charge on any atom is -0.480 e. The number of amides is 2. The Morgan fingerprint density at radius 2 is 2.11 bits per heavy atom. The van der Waals surface area contributed by atoms with Gasteiger partial charge in [0.1, 0.15) is 11.4 Å². The molecule has 0 aromatic carbocycles. The van der Waals surface area contributed by atoms with Crippen LogP contribution in [0.25, 0.3) is 0 Å². The highest BCUT2D eigenvalue weighted by Crippen LogP contribution is 2.20. The number of urea groups is 1. The number of hydrogen-bond acceptors (Lipinski definition) is 5. The van der Waals surface area contributed by atoms with Crippen molar-refractivity contribution in [2.24, 2.45) is 0 Å². The molecule has 1 aliphatic rings. The molecule has 1 rings (SSSR count). The normalized spacial score (nSPS) is 22.3. The number of nitrogens with one attached hydrogen (secondary N) is 1. The molecule has 0 aromatic rings. The topological polar surface area (TPSA) is 104 Å². The molecule has 1 heterocycles. The van der Waals surface area contributed by atoms with E-state index in [0.717, 1.165) is 6.26 Å². The average molecular weight is 296 g/mol.